The Hall–Kier alpha value is -4.69. The number of aliphatic hydroxyl groups excluding tert-OH is 30. The van der Waals surface area contributed by atoms with E-state index in [1.54, 1.807) is 0 Å². The van der Waals surface area contributed by atoms with Gasteiger partial charge in [0, 0.05) is 34.6 Å². The lowest BCUT2D eigenvalue weighted by Gasteiger charge is -2.52. The van der Waals surface area contributed by atoms with Gasteiger partial charge in [0.25, 0.3) is 0 Å². The molecule has 5 amide bonds. The number of carbonyl (C=O) groups is 5. The Balaban J connectivity index is 0.991. The van der Waals surface area contributed by atoms with Gasteiger partial charge in [-0.25, -0.2) is 0 Å². The van der Waals surface area contributed by atoms with Gasteiger partial charge in [-0.1, -0.05) is 0 Å². The van der Waals surface area contributed by atoms with E-state index in [0.717, 1.165) is 34.6 Å². The van der Waals surface area contributed by atoms with Crippen molar-refractivity contribution in [2.75, 3.05) is 72.7 Å². The Kier molecular flexibility index (Phi) is 40.7. The molecule has 0 radical (unpaired) electrons. The molecule has 0 aromatic rings. The van der Waals surface area contributed by atoms with Crippen molar-refractivity contribution in [2.45, 2.75) is 372 Å². The SMILES string of the molecule is CC(=O)N[C@@H]1[C@@H](O)[C@H](O[C@@H]2O[C@H](CO)[C@@H](O[C@@H]3O[C@H](CO[C@H]4O[C@H](CO)[C@@H](O)[C@H](O)[C@@H]4O[C@@H]4O[C@H](CO)[C@@H](O)[C@H](O[C@@H]5O[C@H](CO)[C@H](O)[C@H](O)[C@H]5O)[C@H]4NC(C)=O)[C@@H](O)[C@H](O[C@H]4O[C@H](CO)[C@@H](O[C@@H]5O[C@H](CO)[C@@H](O[C@@H]6O[C@H](CO)[C@H](O)[C@H](O)[C@H]6O)[C@H](O)[C@H]5NC(C)=O)[C@H](O)[C@@H]4O[C@@H]4O[C@H](CO)[C@@H](O[C@@H]5O[C@H](CO)[C@H](O)[C@H](O)[C@H]5O)[C@H](O)[C@H]4NC(C)=O)[C@@H]3O)[C@H](O)[C@H]2NC(C)=O)[C@@H](CO)O[C@H]1O. The van der Waals surface area contributed by atoms with Gasteiger partial charge in [0.05, 0.1) is 72.7 Å². The third kappa shape index (κ3) is 25.0. The average Bonchev–Trinajstić information content (AvgIpc) is 0.754. The number of nitrogens with one attached hydrogen (secondary N) is 5. The molecule has 0 bridgehead atoms. The summed E-state index contributed by atoms with van der Waals surface area (Å²) in [5.41, 5.74) is 0. The Morgan fingerprint density at radius 3 is 0.774 bits per heavy atom. The first-order valence-corrected chi connectivity index (χ1v) is 43.7. The van der Waals surface area contributed by atoms with E-state index in [2.05, 4.69) is 26.6 Å². The lowest BCUT2D eigenvalue weighted by molar-refractivity contribution is -0.406. The molecule has 11 fully saturated rings. The van der Waals surface area contributed by atoms with E-state index < -0.39 is 440 Å². The summed E-state index contributed by atoms with van der Waals surface area (Å²) in [6.07, 6.45) is -109. The smallest absolute Gasteiger partial charge is 0.217 e. The highest BCUT2D eigenvalue weighted by Gasteiger charge is 2.64. The van der Waals surface area contributed by atoms with Crippen LogP contribution in [0.4, 0.5) is 0 Å². The molecule has 792 valence electrons. The molecular formula is C76H127N5O56. The second kappa shape index (κ2) is 49.5. The highest BCUT2D eigenvalue weighted by atomic mass is 16.8. The minimum atomic E-state index is -2.76. The third-order valence-corrected chi connectivity index (χ3v) is 25.0. The molecule has 11 saturated heterocycles. The summed E-state index contributed by atoms with van der Waals surface area (Å²) in [6.45, 7) is -8.44. The maximum absolute atomic E-state index is 13.4. The van der Waals surface area contributed by atoms with Crippen molar-refractivity contribution in [1.82, 2.24) is 26.6 Å². The number of hydrogen-bond donors (Lipinski definition) is 35. The van der Waals surface area contributed by atoms with Crippen LogP contribution >= 0.6 is 0 Å². The predicted octanol–water partition coefficient (Wildman–Crippen LogP) is -24.3. The fourth-order valence-electron chi connectivity index (χ4n) is 17.8. The second-order valence-corrected chi connectivity index (χ2v) is 34.5. The molecule has 61 nitrogen and oxygen atoms in total. The minimum Gasteiger partial charge on any atom is -0.394 e. The molecule has 11 aliphatic heterocycles. The zero-order chi connectivity index (χ0) is 101. The maximum atomic E-state index is 13.4. The Morgan fingerprint density at radius 1 is 0.190 bits per heavy atom. The Bertz CT molecular complexity index is 3780. The van der Waals surface area contributed by atoms with Crippen LogP contribution in [0.25, 0.3) is 0 Å². The van der Waals surface area contributed by atoms with E-state index in [-0.39, 0.29) is 0 Å². The summed E-state index contributed by atoms with van der Waals surface area (Å²) in [6, 6.07) is -9.91. The van der Waals surface area contributed by atoms with Crippen molar-refractivity contribution in [2.24, 2.45) is 0 Å². The predicted molar refractivity (Wildman–Crippen MR) is 420 cm³/mol. The van der Waals surface area contributed by atoms with Gasteiger partial charge in [0.2, 0.25) is 29.5 Å². The van der Waals surface area contributed by atoms with Gasteiger partial charge in [-0.05, 0) is 0 Å². The number of carbonyl (C=O) groups excluding carboxylic acids is 5. The van der Waals surface area contributed by atoms with Crippen LogP contribution in [-0.4, -0.2) is 593 Å². The van der Waals surface area contributed by atoms with Crippen LogP contribution in [0.3, 0.4) is 0 Å². The van der Waals surface area contributed by atoms with Gasteiger partial charge >= 0.3 is 0 Å². The normalized spacial score (nSPS) is 48.9. The fraction of sp³-hybridized carbons (Fsp3) is 0.934. The summed E-state index contributed by atoms with van der Waals surface area (Å²) in [5.74, 6) is -4.92. The van der Waals surface area contributed by atoms with E-state index in [0.29, 0.717) is 0 Å². The van der Waals surface area contributed by atoms with E-state index in [1.165, 1.54) is 0 Å². The molecular weight excluding hydrogens is 1880 g/mol. The van der Waals surface area contributed by atoms with Gasteiger partial charge in [0.1, 0.15) is 268 Å². The second-order valence-electron chi connectivity index (χ2n) is 34.5. The molecule has 11 heterocycles. The van der Waals surface area contributed by atoms with Crippen LogP contribution in [0.5, 0.6) is 0 Å². The van der Waals surface area contributed by atoms with Crippen LogP contribution in [0.15, 0.2) is 0 Å². The highest BCUT2D eigenvalue weighted by molar-refractivity contribution is 5.75. The summed E-state index contributed by atoms with van der Waals surface area (Å²) in [5, 5.41) is 350. The summed E-state index contributed by atoms with van der Waals surface area (Å²) >= 11 is 0. The van der Waals surface area contributed by atoms with Crippen molar-refractivity contribution >= 4 is 29.5 Å². The van der Waals surface area contributed by atoms with Crippen molar-refractivity contribution in [3.8, 4) is 0 Å². The molecule has 0 unspecified atom stereocenters. The van der Waals surface area contributed by atoms with Gasteiger partial charge in [-0.3, -0.25) is 24.0 Å². The molecule has 0 saturated carbocycles. The number of hydrogen-bond acceptors (Lipinski definition) is 56. The van der Waals surface area contributed by atoms with E-state index in [1.807, 2.05) is 0 Å². The zero-order valence-corrected chi connectivity index (χ0v) is 73.6. The van der Waals surface area contributed by atoms with Crippen LogP contribution in [0.2, 0.25) is 0 Å². The number of rotatable bonds is 36. The number of amides is 5. The van der Waals surface area contributed by atoms with Gasteiger partial charge in [-0.2, -0.15) is 0 Å². The molecule has 55 atom stereocenters. The van der Waals surface area contributed by atoms with Crippen LogP contribution in [0, 0.1) is 0 Å². The van der Waals surface area contributed by atoms with E-state index >= 15 is 0 Å². The lowest BCUT2D eigenvalue weighted by atomic mass is 9.93. The first kappa shape index (κ1) is 113. The minimum absolute atomic E-state index is 0.831. The molecule has 0 aromatic heterocycles. The largest absolute Gasteiger partial charge is 0.394 e. The topological polar surface area (TPSA) is 946 Å². The lowest BCUT2D eigenvalue weighted by Crippen LogP contribution is -2.71. The van der Waals surface area contributed by atoms with E-state index in [9.17, 15) is 177 Å². The Morgan fingerprint density at radius 2 is 0.416 bits per heavy atom. The van der Waals surface area contributed by atoms with Crippen LogP contribution in [0.1, 0.15) is 34.6 Å². The van der Waals surface area contributed by atoms with Gasteiger partial charge in [0.15, 0.2) is 69.2 Å². The monoisotopic (exact) mass is 2010 g/mol. The van der Waals surface area contributed by atoms with Crippen LogP contribution in [-0.2, 0) is 123 Å². The summed E-state index contributed by atoms with van der Waals surface area (Å²) in [7, 11) is 0. The first-order valence-electron chi connectivity index (χ1n) is 43.7. The molecule has 0 aromatic carbocycles. The van der Waals surface area contributed by atoms with E-state index in [4.69, 9.17) is 99.5 Å². The molecule has 35 N–H and O–H groups in total. The number of aliphatic hydroxyl groups is 30. The van der Waals surface area contributed by atoms with Crippen molar-refractivity contribution in [3.05, 3.63) is 0 Å². The molecule has 61 heteroatoms. The van der Waals surface area contributed by atoms with Crippen LogP contribution < -0.4 is 26.6 Å². The standard InChI is InChI=1S/C76H127N5O56/c1-17(92)77-33-44(103)57(27(11-87)118-66(33)116)129-67-34(78-18(2)93)46(105)60(30(14-90)124-67)133-74-56(115)63(43(102)32(128-74)16-117-75-64(51(110)41(100)25(9-85)123-75)136-70-37(81-21(5)96)62(42(101)26(10-86)119-70)134-73-54(113)50(109)40(99)24(8-84)122-73)135-76-65(137-69-36(80-20(4)95)47(106)59(29(13-89)126-69)132-72-53(112)49(108)39(98)23(7-83)121-72)55(114)61(31(15-91)127-76)130-68-35(79-19(3)94)45(104)58(28(12-88)125-68)131-71-52(111)48(107)38(97)22(6-82)120-71/h22-76,82-91,97-116H,6-16H2,1-5H3,(H,77,92)(H,78,93)(H,79,94)(H,80,95)(H,81,96)/t22-,23-,24-,25-,26-,27-,28-,29-,30-,31-,32-,33-,34-,35-,36-,37-,38+,39+,40+,41-,42-,43-,44-,45-,46-,47-,48+,49+,50+,51+,52-,53-,54-,55+,56+,57-,58-,59-,60-,61-,62-,63+,64+,65+,66-,67+,68+,69+,70+,71+,72+,73+,74+,75+,76-/m1/s1. The fourth-order valence-corrected chi connectivity index (χ4v) is 17.8. The zero-order valence-electron chi connectivity index (χ0n) is 73.6. The molecule has 11 aliphatic rings. The quantitative estimate of drug-likeness (QED) is 0.0277. The summed E-state index contributed by atoms with van der Waals surface area (Å²) < 4.78 is 127. The van der Waals surface area contributed by atoms with Gasteiger partial charge < -0.3 is 279 Å². The molecule has 11 rings (SSSR count). The highest BCUT2D eigenvalue weighted by Crippen LogP contribution is 2.43. The summed E-state index contributed by atoms with van der Waals surface area (Å²) in [4.78, 5) is 65.3. The maximum Gasteiger partial charge on any atom is 0.217 e. The third-order valence-electron chi connectivity index (χ3n) is 25.0. The van der Waals surface area contributed by atoms with Crippen molar-refractivity contribution in [3.63, 3.8) is 0 Å². The van der Waals surface area contributed by atoms with Crippen molar-refractivity contribution < 1.29 is 277 Å². The molecule has 0 spiro atoms. The molecule has 0 aliphatic carbocycles. The van der Waals surface area contributed by atoms with Crippen molar-refractivity contribution in [1.29, 1.82) is 0 Å². The molecule has 137 heavy (non-hydrogen) atoms. The average molecular weight is 2010 g/mol. The number of ether oxygens (including phenoxy) is 21. The van der Waals surface area contributed by atoms with Gasteiger partial charge in [-0.15, -0.1) is 0 Å². The Labute approximate surface area is 775 Å². The first-order chi connectivity index (χ1) is 64.9.